The molecule has 0 saturated carbocycles. The number of hydrogen-bond donors (Lipinski definition) is 3. The van der Waals surface area contributed by atoms with Crippen LogP contribution in [-0.4, -0.2) is 72.3 Å². The summed E-state index contributed by atoms with van der Waals surface area (Å²) in [4.78, 5) is 31.2. The third-order valence-corrected chi connectivity index (χ3v) is 7.31. The molecule has 41 heavy (non-hydrogen) atoms. The second-order valence-corrected chi connectivity index (χ2v) is 10.4. The molecule has 0 aliphatic carbocycles. The highest BCUT2D eigenvalue weighted by molar-refractivity contribution is 6.11. The molecule has 5 rings (SSSR count). The van der Waals surface area contributed by atoms with Gasteiger partial charge in [0.2, 0.25) is 0 Å². The zero-order valence-corrected chi connectivity index (χ0v) is 23.2. The number of hydrogen-bond acceptors (Lipinski definition) is 6. The summed E-state index contributed by atoms with van der Waals surface area (Å²) < 4.78 is 0. The van der Waals surface area contributed by atoms with Crippen LogP contribution in [-0.2, 0) is 6.54 Å². The maximum atomic E-state index is 13.4. The summed E-state index contributed by atoms with van der Waals surface area (Å²) in [6, 6.07) is 26.7. The van der Waals surface area contributed by atoms with Crippen molar-refractivity contribution < 1.29 is 14.7 Å². The minimum atomic E-state index is -0.413. The molecule has 1 fully saturated rings. The van der Waals surface area contributed by atoms with Gasteiger partial charge in [-0.3, -0.25) is 19.4 Å². The van der Waals surface area contributed by atoms with Crippen LogP contribution >= 0.6 is 0 Å². The SMILES string of the molecule is Cc1ccc(C=NNC(=O)c2cc3ccccc3cc2NC(=O)c2cccc(CN3CCN(CCO)CC3)c2)cc1. The van der Waals surface area contributed by atoms with Crippen molar-refractivity contribution in [1.29, 1.82) is 0 Å². The van der Waals surface area contributed by atoms with Crippen LogP contribution in [0.4, 0.5) is 5.69 Å². The summed E-state index contributed by atoms with van der Waals surface area (Å²) in [6.45, 7) is 7.31. The van der Waals surface area contributed by atoms with Crippen molar-refractivity contribution in [2.75, 3.05) is 44.6 Å². The Morgan fingerprint density at radius 1 is 0.854 bits per heavy atom. The van der Waals surface area contributed by atoms with E-state index >= 15 is 0 Å². The molecule has 0 unspecified atom stereocenters. The minimum Gasteiger partial charge on any atom is -0.395 e. The van der Waals surface area contributed by atoms with Crippen molar-refractivity contribution in [3.63, 3.8) is 0 Å². The van der Waals surface area contributed by atoms with Crippen molar-refractivity contribution >= 4 is 34.5 Å². The van der Waals surface area contributed by atoms with Gasteiger partial charge >= 0.3 is 0 Å². The van der Waals surface area contributed by atoms with E-state index in [1.54, 1.807) is 18.3 Å². The van der Waals surface area contributed by atoms with Gasteiger partial charge in [-0.1, -0.05) is 66.2 Å². The number of nitrogens with one attached hydrogen (secondary N) is 2. The van der Waals surface area contributed by atoms with Gasteiger partial charge < -0.3 is 10.4 Å². The van der Waals surface area contributed by atoms with Gasteiger partial charge in [0.25, 0.3) is 11.8 Å². The molecular weight excluding hydrogens is 514 g/mol. The zero-order valence-electron chi connectivity index (χ0n) is 23.2. The second-order valence-electron chi connectivity index (χ2n) is 10.4. The number of benzene rings is 4. The van der Waals surface area contributed by atoms with Gasteiger partial charge in [0, 0.05) is 44.8 Å². The number of hydrazone groups is 1. The summed E-state index contributed by atoms with van der Waals surface area (Å²) in [5, 5.41) is 18.1. The molecule has 8 nitrogen and oxygen atoms in total. The van der Waals surface area contributed by atoms with Gasteiger partial charge in [-0.2, -0.15) is 5.10 Å². The van der Waals surface area contributed by atoms with Crippen molar-refractivity contribution in [3.8, 4) is 0 Å². The van der Waals surface area contributed by atoms with Crippen LogP contribution in [0.1, 0.15) is 37.4 Å². The van der Waals surface area contributed by atoms with E-state index in [1.807, 2.05) is 79.7 Å². The summed E-state index contributed by atoms with van der Waals surface area (Å²) in [5.41, 5.74) is 6.94. The Kier molecular flexibility index (Phi) is 9.15. The van der Waals surface area contributed by atoms with E-state index in [0.717, 1.165) is 60.2 Å². The Morgan fingerprint density at radius 2 is 1.56 bits per heavy atom. The quantitative estimate of drug-likeness (QED) is 0.214. The van der Waals surface area contributed by atoms with Gasteiger partial charge in [0.15, 0.2) is 0 Å². The summed E-state index contributed by atoms with van der Waals surface area (Å²) in [6.07, 6.45) is 1.59. The molecule has 0 radical (unpaired) electrons. The number of rotatable bonds is 9. The van der Waals surface area contributed by atoms with E-state index in [0.29, 0.717) is 23.4 Å². The molecule has 1 heterocycles. The van der Waals surface area contributed by atoms with Gasteiger partial charge in [-0.25, -0.2) is 5.43 Å². The first-order valence-electron chi connectivity index (χ1n) is 13.9. The number of nitrogens with zero attached hydrogens (tertiary/aromatic N) is 3. The number of aryl methyl sites for hydroxylation is 1. The highest BCUT2D eigenvalue weighted by atomic mass is 16.3. The molecule has 2 amide bonds. The molecule has 4 aromatic rings. The van der Waals surface area contributed by atoms with E-state index < -0.39 is 5.91 Å². The maximum Gasteiger partial charge on any atom is 0.273 e. The molecule has 0 aromatic heterocycles. The predicted molar refractivity (Wildman–Crippen MR) is 163 cm³/mol. The number of anilines is 1. The molecule has 3 N–H and O–H groups in total. The van der Waals surface area contributed by atoms with E-state index in [9.17, 15) is 14.7 Å². The third-order valence-electron chi connectivity index (χ3n) is 7.31. The monoisotopic (exact) mass is 549 g/mol. The van der Waals surface area contributed by atoms with E-state index in [-0.39, 0.29) is 12.5 Å². The number of piperazine rings is 1. The smallest absolute Gasteiger partial charge is 0.273 e. The van der Waals surface area contributed by atoms with Crippen LogP contribution in [0.2, 0.25) is 0 Å². The molecule has 8 heteroatoms. The Balaban J connectivity index is 1.31. The van der Waals surface area contributed by atoms with Crippen LogP contribution in [0, 0.1) is 6.92 Å². The highest BCUT2D eigenvalue weighted by Gasteiger charge is 2.18. The Morgan fingerprint density at radius 3 is 2.29 bits per heavy atom. The summed E-state index contributed by atoms with van der Waals surface area (Å²) in [5.74, 6) is -0.699. The fourth-order valence-corrected chi connectivity index (χ4v) is 4.99. The minimum absolute atomic E-state index is 0.179. The molecule has 210 valence electrons. The Labute approximate surface area is 240 Å². The van der Waals surface area contributed by atoms with E-state index in [4.69, 9.17) is 0 Å². The molecule has 1 aliphatic heterocycles. The van der Waals surface area contributed by atoms with Gasteiger partial charge in [-0.15, -0.1) is 0 Å². The first-order chi connectivity index (χ1) is 20.0. The lowest BCUT2D eigenvalue weighted by Gasteiger charge is -2.34. The van der Waals surface area contributed by atoms with Crippen LogP contribution in [0.5, 0.6) is 0 Å². The molecule has 0 bridgehead atoms. The third kappa shape index (κ3) is 7.43. The standard InChI is InChI=1S/C33H35N5O3/c1-24-9-11-25(12-10-24)22-34-36-33(41)30-20-27-6-2-3-7-28(27)21-31(30)35-32(40)29-8-4-5-26(19-29)23-38-15-13-37(14-16-38)17-18-39/h2-12,19-22,39H,13-18,23H2,1H3,(H,35,40)(H,36,41). The average Bonchev–Trinajstić information content (AvgIpc) is 2.99. The number of fused-ring (bicyclic) bond motifs is 1. The number of carbonyl (C=O) groups is 2. The second kappa shape index (κ2) is 13.3. The van der Waals surface area contributed by atoms with E-state index in [1.165, 1.54) is 0 Å². The molecular formula is C33H35N5O3. The molecule has 4 aromatic carbocycles. The number of aliphatic hydroxyl groups excluding tert-OH is 1. The first kappa shape index (κ1) is 28.2. The topological polar surface area (TPSA) is 97.3 Å². The van der Waals surface area contributed by atoms with Gasteiger partial charge in [-0.05, 0) is 53.1 Å². The van der Waals surface area contributed by atoms with Crippen molar-refractivity contribution in [2.45, 2.75) is 13.5 Å². The number of carbonyl (C=O) groups excluding carboxylic acids is 2. The summed E-state index contributed by atoms with van der Waals surface area (Å²) >= 11 is 0. The lowest BCUT2D eigenvalue weighted by Crippen LogP contribution is -2.46. The van der Waals surface area contributed by atoms with Crippen molar-refractivity contribution in [3.05, 3.63) is 113 Å². The number of aliphatic hydroxyl groups is 1. The van der Waals surface area contributed by atoms with Gasteiger partial charge in [0.05, 0.1) is 24.1 Å². The summed E-state index contributed by atoms with van der Waals surface area (Å²) in [7, 11) is 0. The van der Waals surface area contributed by atoms with Gasteiger partial charge in [0.1, 0.15) is 0 Å². The highest BCUT2D eigenvalue weighted by Crippen LogP contribution is 2.25. The van der Waals surface area contributed by atoms with Crippen molar-refractivity contribution in [1.82, 2.24) is 15.2 Å². The van der Waals surface area contributed by atoms with Crippen LogP contribution < -0.4 is 10.7 Å². The average molecular weight is 550 g/mol. The first-order valence-corrected chi connectivity index (χ1v) is 13.9. The Hall–Kier alpha value is -4.37. The zero-order chi connectivity index (χ0) is 28.6. The number of amides is 2. The Bertz CT molecular complexity index is 1540. The molecule has 1 saturated heterocycles. The molecule has 0 atom stereocenters. The molecule has 0 spiro atoms. The molecule has 1 aliphatic rings. The lowest BCUT2D eigenvalue weighted by molar-refractivity contribution is 0.0956. The fraction of sp³-hybridized carbons (Fsp3) is 0.242. The van der Waals surface area contributed by atoms with Crippen LogP contribution in [0.3, 0.4) is 0 Å². The normalized spacial score (nSPS) is 14.4. The van der Waals surface area contributed by atoms with Crippen LogP contribution in [0.25, 0.3) is 10.8 Å². The maximum absolute atomic E-state index is 13.4. The van der Waals surface area contributed by atoms with Crippen LogP contribution in [0.15, 0.2) is 90.0 Å². The van der Waals surface area contributed by atoms with Crippen molar-refractivity contribution in [2.24, 2.45) is 5.10 Å². The number of β-amino-alcohol motifs (C(OH)–C–C–N with tert-alkyl or cyclic N) is 1. The predicted octanol–water partition coefficient (Wildman–Crippen LogP) is 4.27. The van der Waals surface area contributed by atoms with E-state index in [2.05, 4.69) is 25.6 Å². The fourth-order valence-electron chi connectivity index (χ4n) is 4.99. The largest absolute Gasteiger partial charge is 0.395 e. The lowest BCUT2D eigenvalue weighted by atomic mass is 10.0.